The van der Waals surface area contributed by atoms with Crippen LogP contribution in [-0.2, 0) is 0 Å². The maximum Gasteiger partial charge on any atom is 0.0220 e. The first-order valence-electron chi connectivity index (χ1n) is 5.77. The van der Waals surface area contributed by atoms with Crippen LogP contribution in [0.5, 0.6) is 0 Å². The van der Waals surface area contributed by atoms with Gasteiger partial charge in [-0.2, -0.15) is 0 Å². The van der Waals surface area contributed by atoms with Gasteiger partial charge >= 0.3 is 0 Å². The van der Waals surface area contributed by atoms with Gasteiger partial charge in [0.25, 0.3) is 0 Å². The van der Waals surface area contributed by atoms with Crippen molar-refractivity contribution in [3.05, 3.63) is 0 Å². The highest BCUT2D eigenvalue weighted by atomic mass is 15.2. The van der Waals surface area contributed by atoms with Gasteiger partial charge in [-0.25, -0.2) is 0 Å². The zero-order valence-electron chi connectivity index (χ0n) is 9.18. The summed E-state index contributed by atoms with van der Waals surface area (Å²) in [5, 5.41) is 3.29. The highest BCUT2D eigenvalue weighted by Gasteiger charge is 2.22. The van der Waals surface area contributed by atoms with E-state index in [-0.39, 0.29) is 0 Å². The lowest BCUT2D eigenvalue weighted by Gasteiger charge is -2.23. The van der Waals surface area contributed by atoms with E-state index >= 15 is 0 Å². The van der Waals surface area contributed by atoms with Gasteiger partial charge in [0.15, 0.2) is 0 Å². The Morgan fingerprint density at radius 2 is 2.23 bits per heavy atom. The van der Waals surface area contributed by atoms with Gasteiger partial charge in [-0.05, 0) is 39.4 Å². The SMILES string of the molecule is CCCCCN1CCCC1CNC. The average molecular weight is 184 g/mol. The summed E-state index contributed by atoms with van der Waals surface area (Å²) in [7, 11) is 2.06. The molecule has 0 spiro atoms. The van der Waals surface area contributed by atoms with Crippen molar-refractivity contribution in [2.75, 3.05) is 26.7 Å². The lowest BCUT2D eigenvalue weighted by molar-refractivity contribution is 0.245. The molecule has 1 unspecified atom stereocenters. The van der Waals surface area contributed by atoms with E-state index in [0.717, 1.165) is 6.04 Å². The van der Waals surface area contributed by atoms with E-state index in [1.807, 2.05) is 0 Å². The summed E-state index contributed by atoms with van der Waals surface area (Å²) in [6, 6.07) is 0.821. The summed E-state index contributed by atoms with van der Waals surface area (Å²) < 4.78 is 0. The fraction of sp³-hybridized carbons (Fsp3) is 1.00. The van der Waals surface area contributed by atoms with Crippen molar-refractivity contribution in [1.29, 1.82) is 0 Å². The van der Waals surface area contributed by atoms with Gasteiger partial charge in [0.2, 0.25) is 0 Å². The van der Waals surface area contributed by atoms with Crippen molar-refractivity contribution in [2.24, 2.45) is 0 Å². The van der Waals surface area contributed by atoms with Gasteiger partial charge in [0.1, 0.15) is 0 Å². The van der Waals surface area contributed by atoms with Crippen LogP contribution in [0.15, 0.2) is 0 Å². The molecule has 1 atom stereocenters. The van der Waals surface area contributed by atoms with Gasteiger partial charge in [-0.3, -0.25) is 4.90 Å². The van der Waals surface area contributed by atoms with E-state index in [2.05, 4.69) is 24.2 Å². The molecule has 0 bridgehead atoms. The molecule has 0 radical (unpaired) electrons. The van der Waals surface area contributed by atoms with Gasteiger partial charge < -0.3 is 5.32 Å². The molecule has 1 heterocycles. The van der Waals surface area contributed by atoms with Crippen molar-refractivity contribution >= 4 is 0 Å². The molecule has 0 aromatic rings. The molecule has 2 nitrogen and oxygen atoms in total. The Hall–Kier alpha value is -0.0800. The van der Waals surface area contributed by atoms with E-state index < -0.39 is 0 Å². The van der Waals surface area contributed by atoms with Crippen molar-refractivity contribution in [3.63, 3.8) is 0 Å². The number of likely N-dealkylation sites (N-methyl/N-ethyl adjacent to an activating group) is 1. The van der Waals surface area contributed by atoms with Crippen LogP contribution in [0.1, 0.15) is 39.0 Å². The van der Waals surface area contributed by atoms with Crippen LogP contribution >= 0.6 is 0 Å². The van der Waals surface area contributed by atoms with Crippen LogP contribution in [0.4, 0.5) is 0 Å². The van der Waals surface area contributed by atoms with Crippen molar-refractivity contribution in [2.45, 2.75) is 45.1 Å². The number of rotatable bonds is 6. The number of likely N-dealkylation sites (tertiary alicyclic amines) is 1. The van der Waals surface area contributed by atoms with Crippen LogP contribution in [0.3, 0.4) is 0 Å². The molecule has 0 aliphatic carbocycles. The molecule has 1 fully saturated rings. The lowest BCUT2D eigenvalue weighted by atomic mass is 10.2. The Bertz CT molecular complexity index is 125. The first-order valence-corrected chi connectivity index (χ1v) is 5.77. The van der Waals surface area contributed by atoms with Crippen LogP contribution in [0.2, 0.25) is 0 Å². The Morgan fingerprint density at radius 1 is 1.38 bits per heavy atom. The number of nitrogens with zero attached hydrogens (tertiary/aromatic N) is 1. The third kappa shape index (κ3) is 3.65. The highest BCUT2D eigenvalue weighted by molar-refractivity contribution is 4.80. The van der Waals surface area contributed by atoms with Crippen molar-refractivity contribution < 1.29 is 0 Å². The molecule has 1 aliphatic rings. The fourth-order valence-corrected chi connectivity index (χ4v) is 2.22. The summed E-state index contributed by atoms with van der Waals surface area (Å²) >= 11 is 0. The summed E-state index contributed by atoms with van der Waals surface area (Å²) in [5.74, 6) is 0. The van der Waals surface area contributed by atoms with E-state index in [1.54, 1.807) is 0 Å². The van der Waals surface area contributed by atoms with Crippen LogP contribution in [0.25, 0.3) is 0 Å². The van der Waals surface area contributed by atoms with Gasteiger partial charge in [-0.1, -0.05) is 19.8 Å². The summed E-state index contributed by atoms with van der Waals surface area (Å²) in [6.07, 6.45) is 6.91. The van der Waals surface area contributed by atoms with Crippen molar-refractivity contribution in [3.8, 4) is 0 Å². The van der Waals surface area contributed by atoms with Crippen molar-refractivity contribution in [1.82, 2.24) is 10.2 Å². The molecule has 0 saturated carbocycles. The Balaban J connectivity index is 2.15. The standard InChI is InChI=1S/C11H24N2/c1-3-4-5-8-13-9-6-7-11(13)10-12-2/h11-12H,3-10H2,1-2H3. The quantitative estimate of drug-likeness (QED) is 0.634. The predicted molar refractivity (Wildman–Crippen MR) is 58.0 cm³/mol. The van der Waals surface area contributed by atoms with Gasteiger partial charge in [0.05, 0.1) is 0 Å². The number of hydrogen-bond acceptors (Lipinski definition) is 2. The number of hydrogen-bond donors (Lipinski definition) is 1. The van der Waals surface area contributed by atoms with E-state index in [4.69, 9.17) is 0 Å². The van der Waals surface area contributed by atoms with E-state index in [1.165, 1.54) is 51.7 Å². The second kappa shape index (κ2) is 6.39. The largest absolute Gasteiger partial charge is 0.318 e. The molecule has 1 aliphatic heterocycles. The first-order chi connectivity index (χ1) is 6.38. The Kier molecular flexibility index (Phi) is 5.40. The molecule has 0 aromatic carbocycles. The Labute approximate surface area is 82.7 Å². The molecule has 0 amide bonds. The minimum Gasteiger partial charge on any atom is -0.318 e. The molecule has 2 heteroatoms. The van der Waals surface area contributed by atoms with Gasteiger partial charge in [-0.15, -0.1) is 0 Å². The molecular weight excluding hydrogens is 160 g/mol. The molecule has 1 saturated heterocycles. The maximum atomic E-state index is 3.29. The molecule has 0 aromatic heterocycles. The van der Waals surface area contributed by atoms with Gasteiger partial charge in [0, 0.05) is 12.6 Å². The van der Waals surface area contributed by atoms with Crippen LogP contribution in [-0.4, -0.2) is 37.6 Å². The molecule has 1 rings (SSSR count). The molecule has 13 heavy (non-hydrogen) atoms. The fourth-order valence-electron chi connectivity index (χ4n) is 2.22. The summed E-state index contributed by atoms with van der Waals surface area (Å²) in [4.78, 5) is 2.66. The van der Waals surface area contributed by atoms with Crippen LogP contribution < -0.4 is 5.32 Å². The third-order valence-electron chi connectivity index (χ3n) is 2.99. The van der Waals surface area contributed by atoms with E-state index in [0.29, 0.717) is 0 Å². The topological polar surface area (TPSA) is 15.3 Å². The Morgan fingerprint density at radius 3 is 2.92 bits per heavy atom. The smallest absolute Gasteiger partial charge is 0.0220 e. The molecule has 78 valence electrons. The minimum atomic E-state index is 0.821. The highest BCUT2D eigenvalue weighted by Crippen LogP contribution is 2.17. The van der Waals surface area contributed by atoms with E-state index in [9.17, 15) is 0 Å². The maximum absolute atomic E-state index is 3.29. The van der Waals surface area contributed by atoms with Crippen LogP contribution in [0, 0.1) is 0 Å². The number of unbranched alkanes of at least 4 members (excludes halogenated alkanes) is 2. The second-order valence-electron chi connectivity index (χ2n) is 4.10. The third-order valence-corrected chi connectivity index (χ3v) is 2.99. The predicted octanol–water partition coefficient (Wildman–Crippen LogP) is 1.86. The zero-order chi connectivity index (χ0) is 9.52. The molecule has 1 N–H and O–H groups in total. The number of nitrogens with one attached hydrogen (secondary N) is 1. The monoisotopic (exact) mass is 184 g/mol. The second-order valence-corrected chi connectivity index (χ2v) is 4.10. The summed E-state index contributed by atoms with van der Waals surface area (Å²) in [5.41, 5.74) is 0. The normalized spacial score (nSPS) is 24.0. The average Bonchev–Trinajstić information content (AvgIpc) is 2.54. The first kappa shape index (κ1) is 11.0. The summed E-state index contributed by atoms with van der Waals surface area (Å²) in [6.45, 7) is 6.09. The zero-order valence-corrected chi connectivity index (χ0v) is 9.18. The minimum absolute atomic E-state index is 0.821. The molecular formula is C11H24N2. The lowest BCUT2D eigenvalue weighted by Crippen LogP contribution is -2.37.